The van der Waals surface area contributed by atoms with Gasteiger partial charge >= 0.3 is 0 Å². The number of aryl methyl sites for hydroxylation is 1. The van der Waals surface area contributed by atoms with Gasteiger partial charge < -0.3 is 10.6 Å². The third kappa shape index (κ3) is 3.15. The molecule has 0 atom stereocenters. The molecule has 2 heteroatoms. The Morgan fingerprint density at radius 1 is 1.13 bits per heavy atom. The Hall–Kier alpha value is -1.18. The lowest BCUT2D eigenvalue weighted by Crippen LogP contribution is -2.25. The molecular formula is C13H22N2. The molecule has 0 fully saturated rings. The first-order valence-corrected chi connectivity index (χ1v) is 5.80. The van der Waals surface area contributed by atoms with Crippen molar-refractivity contribution in [3.05, 3.63) is 23.8 Å². The zero-order valence-corrected chi connectivity index (χ0v) is 10.1. The van der Waals surface area contributed by atoms with Crippen molar-refractivity contribution in [1.29, 1.82) is 0 Å². The fourth-order valence-electron chi connectivity index (χ4n) is 1.86. The first-order valence-electron chi connectivity index (χ1n) is 5.80. The van der Waals surface area contributed by atoms with Gasteiger partial charge in [-0.1, -0.05) is 19.9 Å². The summed E-state index contributed by atoms with van der Waals surface area (Å²) in [4.78, 5) is 2.42. The number of hydrogen-bond acceptors (Lipinski definition) is 2. The number of rotatable bonds is 5. The van der Waals surface area contributed by atoms with Crippen molar-refractivity contribution in [2.75, 3.05) is 23.7 Å². The zero-order valence-electron chi connectivity index (χ0n) is 10.1. The fraction of sp³-hybridized carbons (Fsp3) is 0.538. The molecule has 0 saturated carbocycles. The van der Waals surface area contributed by atoms with Crippen LogP contribution < -0.4 is 10.6 Å². The van der Waals surface area contributed by atoms with Gasteiger partial charge in [-0.25, -0.2) is 0 Å². The summed E-state index contributed by atoms with van der Waals surface area (Å²) in [5.74, 6) is 0. The van der Waals surface area contributed by atoms with Gasteiger partial charge in [0.25, 0.3) is 0 Å². The van der Waals surface area contributed by atoms with E-state index in [0.29, 0.717) is 0 Å². The lowest BCUT2D eigenvalue weighted by molar-refractivity contribution is 0.743. The second-order valence-corrected chi connectivity index (χ2v) is 4.03. The molecule has 84 valence electrons. The second kappa shape index (κ2) is 5.64. The number of nitrogens with zero attached hydrogens (tertiary/aromatic N) is 1. The Kier molecular flexibility index (Phi) is 4.47. The van der Waals surface area contributed by atoms with E-state index in [9.17, 15) is 0 Å². The fourth-order valence-corrected chi connectivity index (χ4v) is 1.86. The molecule has 0 amide bonds. The van der Waals surface area contributed by atoms with Crippen LogP contribution >= 0.6 is 0 Å². The average Bonchev–Trinajstić information content (AvgIpc) is 2.21. The monoisotopic (exact) mass is 206 g/mol. The van der Waals surface area contributed by atoms with Crippen molar-refractivity contribution >= 4 is 11.4 Å². The van der Waals surface area contributed by atoms with Crippen LogP contribution in [0.1, 0.15) is 32.3 Å². The molecule has 1 rings (SSSR count). The number of hydrogen-bond donors (Lipinski definition) is 1. The van der Waals surface area contributed by atoms with Crippen LogP contribution in [0, 0.1) is 6.92 Å². The van der Waals surface area contributed by atoms with Crippen molar-refractivity contribution in [1.82, 2.24) is 0 Å². The van der Waals surface area contributed by atoms with Gasteiger partial charge in [-0.2, -0.15) is 0 Å². The minimum atomic E-state index is 0.854. The molecule has 15 heavy (non-hydrogen) atoms. The van der Waals surface area contributed by atoms with Crippen LogP contribution in [0.15, 0.2) is 18.2 Å². The van der Waals surface area contributed by atoms with Crippen LogP contribution in [0.25, 0.3) is 0 Å². The highest BCUT2D eigenvalue weighted by atomic mass is 15.1. The first kappa shape index (κ1) is 11.9. The molecule has 0 radical (unpaired) electrons. The van der Waals surface area contributed by atoms with E-state index in [4.69, 9.17) is 5.73 Å². The van der Waals surface area contributed by atoms with E-state index in [1.54, 1.807) is 0 Å². The molecule has 2 N–H and O–H groups in total. The van der Waals surface area contributed by atoms with Crippen LogP contribution in [0.2, 0.25) is 0 Å². The summed E-state index contributed by atoms with van der Waals surface area (Å²) in [7, 11) is 0. The minimum absolute atomic E-state index is 0.854. The van der Waals surface area contributed by atoms with Gasteiger partial charge in [-0.05, 0) is 37.5 Å². The number of nitrogens with two attached hydrogens (primary N) is 1. The molecule has 0 heterocycles. The maximum atomic E-state index is 5.83. The molecule has 2 nitrogen and oxygen atoms in total. The molecule has 0 aliphatic rings. The van der Waals surface area contributed by atoms with Crippen molar-refractivity contribution in [3.8, 4) is 0 Å². The van der Waals surface area contributed by atoms with Crippen molar-refractivity contribution in [3.63, 3.8) is 0 Å². The lowest BCUT2D eigenvalue weighted by Gasteiger charge is -2.25. The summed E-state index contributed by atoms with van der Waals surface area (Å²) in [5, 5.41) is 0. The molecule has 0 unspecified atom stereocenters. The van der Waals surface area contributed by atoms with E-state index >= 15 is 0 Å². The summed E-state index contributed by atoms with van der Waals surface area (Å²) in [5.41, 5.74) is 9.29. The van der Waals surface area contributed by atoms with E-state index < -0.39 is 0 Å². The van der Waals surface area contributed by atoms with Crippen LogP contribution in [-0.4, -0.2) is 13.1 Å². The van der Waals surface area contributed by atoms with Gasteiger partial charge in [0.1, 0.15) is 0 Å². The van der Waals surface area contributed by atoms with E-state index in [0.717, 1.165) is 18.8 Å². The highest BCUT2D eigenvalue weighted by molar-refractivity contribution is 5.60. The van der Waals surface area contributed by atoms with Crippen LogP contribution in [-0.2, 0) is 0 Å². The molecule has 0 spiro atoms. The van der Waals surface area contributed by atoms with Crippen molar-refractivity contribution in [2.45, 2.75) is 33.6 Å². The van der Waals surface area contributed by atoms with Crippen LogP contribution in [0.4, 0.5) is 11.4 Å². The second-order valence-electron chi connectivity index (χ2n) is 4.03. The van der Waals surface area contributed by atoms with E-state index in [1.807, 2.05) is 6.07 Å². The molecular weight excluding hydrogens is 184 g/mol. The van der Waals surface area contributed by atoms with Gasteiger partial charge in [-0.3, -0.25) is 0 Å². The average molecular weight is 206 g/mol. The summed E-state index contributed by atoms with van der Waals surface area (Å²) < 4.78 is 0. The van der Waals surface area contributed by atoms with E-state index in [-0.39, 0.29) is 0 Å². The Labute approximate surface area is 93.1 Å². The Morgan fingerprint density at radius 2 is 1.73 bits per heavy atom. The van der Waals surface area contributed by atoms with Gasteiger partial charge in [-0.15, -0.1) is 0 Å². The molecule has 0 aliphatic heterocycles. The molecule has 0 saturated heterocycles. The quantitative estimate of drug-likeness (QED) is 0.750. The first-order chi connectivity index (χ1) is 7.19. The third-order valence-corrected chi connectivity index (χ3v) is 2.56. The summed E-state index contributed by atoms with van der Waals surface area (Å²) >= 11 is 0. The smallest absolute Gasteiger partial charge is 0.0416 e. The van der Waals surface area contributed by atoms with Crippen LogP contribution in [0.5, 0.6) is 0 Å². The Bertz CT molecular complexity index is 301. The van der Waals surface area contributed by atoms with Gasteiger partial charge in [0.05, 0.1) is 0 Å². The van der Waals surface area contributed by atoms with Crippen molar-refractivity contribution in [2.24, 2.45) is 0 Å². The molecule has 0 aliphatic carbocycles. The predicted molar refractivity (Wildman–Crippen MR) is 68.4 cm³/mol. The minimum Gasteiger partial charge on any atom is -0.399 e. The number of anilines is 2. The highest BCUT2D eigenvalue weighted by Gasteiger charge is 2.07. The zero-order chi connectivity index (χ0) is 11.3. The van der Waals surface area contributed by atoms with Crippen LogP contribution in [0.3, 0.4) is 0 Å². The maximum Gasteiger partial charge on any atom is 0.0416 e. The largest absolute Gasteiger partial charge is 0.399 e. The number of nitrogen functional groups attached to an aromatic ring is 1. The molecule has 0 aromatic heterocycles. The summed E-state index contributed by atoms with van der Waals surface area (Å²) in [6, 6.07) is 6.15. The van der Waals surface area contributed by atoms with E-state index in [2.05, 4.69) is 37.8 Å². The SMILES string of the molecule is CCCN(CCC)c1cc(N)ccc1C. The van der Waals surface area contributed by atoms with Gasteiger partial charge in [0.15, 0.2) is 0 Å². The summed E-state index contributed by atoms with van der Waals surface area (Å²) in [6.45, 7) is 8.79. The highest BCUT2D eigenvalue weighted by Crippen LogP contribution is 2.23. The van der Waals surface area contributed by atoms with E-state index in [1.165, 1.54) is 24.1 Å². The van der Waals surface area contributed by atoms with Gasteiger partial charge in [0, 0.05) is 24.5 Å². The van der Waals surface area contributed by atoms with Gasteiger partial charge in [0.2, 0.25) is 0 Å². The predicted octanol–water partition coefficient (Wildman–Crippen LogP) is 3.20. The third-order valence-electron chi connectivity index (χ3n) is 2.56. The van der Waals surface area contributed by atoms with Crippen molar-refractivity contribution < 1.29 is 0 Å². The lowest BCUT2D eigenvalue weighted by atomic mass is 10.1. The Balaban J connectivity index is 2.93. The standard InChI is InChI=1S/C13H22N2/c1-4-8-15(9-5-2)13-10-12(14)7-6-11(13)3/h6-7,10H,4-5,8-9,14H2,1-3H3. The Morgan fingerprint density at radius 3 is 2.27 bits per heavy atom. The molecule has 1 aromatic carbocycles. The summed E-state index contributed by atoms with van der Waals surface area (Å²) in [6.07, 6.45) is 2.35. The maximum absolute atomic E-state index is 5.83. The normalized spacial score (nSPS) is 10.3. The molecule has 1 aromatic rings. The topological polar surface area (TPSA) is 29.3 Å². The molecule has 0 bridgehead atoms. The number of benzene rings is 1.